The van der Waals surface area contributed by atoms with E-state index in [0.717, 1.165) is 11.0 Å². The van der Waals surface area contributed by atoms with Gasteiger partial charge in [0.25, 0.3) is 5.91 Å². The van der Waals surface area contributed by atoms with Gasteiger partial charge in [0.2, 0.25) is 0 Å². The molecule has 1 aromatic heterocycles. The molecule has 1 aromatic carbocycles. The maximum atomic E-state index is 12.2. The van der Waals surface area contributed by atoms with Crippen molar-refractivity contribution in [3.8, 4) is 0 Å². The van der Waals surface area contributed by atoms with Crippen LogP contribution in [0.3, 0.4) is 0 Å². The first kappa shape index (κ1) is 21.0. The summed E-state index contributed by atoms with van der Waals surface area (Å²) in [6.45, 7) is 7.96. The van der Waals surface area contributed by atoms with E-state index in [1.807, 2.05) is 52.0 Å². The molecule has 1 saturated heterocycles. The van der Waals surface area contributed by atoms with Gasteiger partial charge in [0, 0.05) is 12.6 Å². The average molecular weight is 396 g/mol. The number of rotatable bonds is 6. The molecule has 0 aliphatic carbocycles. The first-order valence-corrected chi connectivity index (χ1v) is 9.48. The summed E-state index contributed by atoms with van der Waals surface area (Å²) in [5.74, 6) is -1.63. The third-order valence-corrected chi connectivity index (χ3v) is 5.45. The van der Waals surface area contributed by atoms with Crippen LogP contribution in [0.25, 0.3) is 0 Å². The molecule has 0 unspecified atom stereocenters. The lowest BCUT2D eigenvalue weighted by atomic mass is 9.78. The molecule has 0 spiro atoms. The zero-order chi connectivity index (χ0) is 21.2. The van der Waals surface area contributed by atoms with E-state index < -0.39 is 36.2 Å². The van der Waals surface area contributed by atoms with Gasteiger partial charge in [-0.1, -0.05) is 30.3 Å². The van der Waals surface area contributed by atoms with E-state index in [1.54, 1.807) is 12.1 Å². The number of amides is 1. The highest BCUT2D eigenvalue weighted by molar-refractivity contribution is 6.62. The monoisotopic (exact) mass is 396 g/mol. The average Bonchev–Trinajstić information content (AvgIpc) is 2.89. The van der Waals surface area contributed by atoms with Crippen molar-refractivity contribution in [2.75, 3.05) is 0 Å². The van der Waals surface area contributed by atoms with E-state index in [1.165, 1.54) is 12.3 Å². The maximum absolute atomic E-state index is 12.2. The number of hydrogen-bond acceptors (Lipinski definition) is 5. The standard InChI is InChI=1S/C21H25BN2O5/c1-20(2)21(3,4)29-22(28-20)15-10-8-14(9-11-15)13-17(19(26)27)24-18(25)16-7-5-6-12-23-16/h5-12,17H,13H2,1-4H3,(H,24,25)(H,26,27)/t17-/m1/s1. The fourth-order valence-electron chi connectivity index (χ4n) is 2.96. The smallest absolute Gasteiger partial charge is 0.480 e. The number of benzene rings is 1. The highest BCUT2D eigenvalue weighted by atomic mass is 16.7. The lowest BCUT2D eigenvalue weighted by Crippen LogP contribution is -2.42. The minimum Gasteiger partial charge on any atom is -0.480 e. The van der Waals surface area contributed by atoms with E-state index in [2.05, 4.69) is 10.3 Å². The number of nitrogens with one attached hydrogen (secondary N) is 1. The summed E-state index contributed by atoms with van der Waals surface area (Å²) in [5.41, 5.74) is 0.951. The predicted octanol–water partition coefficient (Wildman–Crippen LogP) is 1.81. The number of aliphatic carboxylic acids is 1. The molecule has 3 rings (SSSR count). The maximum Gasteiger partial charge on any atom is 0.494 e. The lowest BCUT2D eigenvalue weighted by Gasteiger charge is -2.32. The van der Waals surface area contributed by atoms with E-state index in [-0.39, 0.29) is 12.1 Å². The second kappa shape index (κ2) is 7.97. The Morgan fingerprint density at radius 3 is 2.21 bits per heavy atom. The van der Waals surface area contributed by atoms with Crippen LogP contribution in [0.4, 0.5) is 0 Å². The summed E-state index contributed by atoms with van der Waals surface area (Å²) in [5, 5.41) is 12.0. The molecule has 0 radical (unpaired) electrons. The molecule has 2 heterocycles. The molecule has 0 saturated carbocycles. The van der Waals surface area contributed by atoms with E-state index in [0.29, 0.717) is 0 Å². The van der Waals surface area contributed by atoms with Crippen LogP contribution in [0.2, 0.25) is 0 Å². The van der Waals surface area contributed by atoms with Crippen molar-refractivity contribution < 1.29 is 24.0 Å². The highest BCUT2D eigenvalue weighted by Crippen LogP contribution is 2.36. The van der Waals surface area contributed by atoms with Gasteiger partial charge in [0.1, 0.15) is 11.7 Å². The van der Waals surface area contributed by atoms with Crippen LogP contribution < -0.4 is 10.8 Å². The number of hydrogen-bond donors (Lipinski definition) is 2. The number of carbonyl (C=O) groups is 2. The lowest BCUT2D eigenvalue weighted by molar-refractivity contribution is -0.139. The number of carboxylic acids is 1. The Morgan fingerprint density at radius 1 is 1.07 bits per heavy atom. The number of pyridine rings is 1. The van der Waals surface area contributed by atoms with Gasteiger partial charge in [0.05, 0.1) is 11.2 Å². The van der Waals surface area contributed by atoms with Crippen LogP contribution in [-0.2, 0) is 20.5 Å². The summed E-state index contributed by atoms with van der Waals surface area (Å²) in [6, 6.07) is 11.2. The fraction of sp³-hybridized carbons (Fsp3) is 0.381. The second-order valence-electron chi connectivity index (χ2n) is 8.11. The molecule has 1 fully saturated rings. The molecule has 29 heavy (non-hydrogen) atoms. The number of carbonyl (C=O) groups excluding carboxylic acids is 1. The van der Waals surface area contributed by atoms with Crippen molar-refractivity contribution in [2.24, 2.45) is 0 Å². The largest absolute Gasteiger partial charge is 0.494 e. The van der Waals surface area contributed by atoms with Crippen LogP contribution in [0, 0.1) is 0 Å². The third-order valence-electron chi connectivity index (χ3n) is 5.45. The molecule has 2 N–H and O–H groups in total. The predicted molar refractivity (Wildman–Crippen MR) is 109 cm³/mol. The first-order chi connectivity index (χ1) is 13.6. The Labute approximate surface area is 170 Å². The Bertz CT molecular complexity index is 868. The molecule has 152 valence electrons. The van der Waals surface area contributed by atoms with Crippen molar-refractivity contribution in [2.45, 2.75) is 51.4 Å². The summed E-state index contributed by atoms with van der Waals surface area (Å²) in [6.07, 6.45) is 1.64. The zero-order valence-electron chi connectivity index (χ0n) is 17.0. The van der Waals surface area contributed by atoms with Crippen molar-refractivity contribution >= 4 is 24.5 Å². The zero-order valence-corrected chi connectivity index (χ0v) is 17.0. The Hall–Kier alpha value is -2.71. The van der Waals surface area contributed by atoms with Gasteiger partial charge in [-0.05, 0) is 50.9 Å². The first-order valence-electron chi connectivity index (χ1n) is 9.48. The molecular formula is C21H25BN2O5. The van der Waals surface area contributed by atoms with Crippen molar-refractivity contribution in [3.63, 3.8) is 0 Å². The van der Waals surface area contributed by atoms with Crippen LogP contribution in [0.5, 0.6) is 0 Å². The highest BCUT2D eigenvalue weighted by Gasteiger charge is 2.51. The van der Waals surface area contributed by atoms with E-state index in [9.17, 15) is 14.7 Å². The summed E-state index contributed by atoms with van der Waals surface area (Å²) >= 11 is 0. The fourth-order valence-corrected chi connectivity index (χ4v) is 2.96. The van der Waals surface area contributed by atoms with Crippen LogP contribution in [-0.4, -0.2) is 46.3 Å². The Balaban J connectivity index is 1.67. The summed E-state index contributed by atoms with van der Waals surface area (Å²) < 4.78 is 12.1. The number of aromatic nitrogens is 1. The van der Waals surface area contributed by atoms with Gasteiger partial charge in [-0.2, -0.15) is 0 Å². The minimum absolute atomic E-state index is 0.150. The van der Waals surface area contributed by atoms with Crippen molar-refractivity contribution in [1.29, 1.82) is 0 Å². The summed E-state index contributed by atoms with van der Waals surface area (Å²) in [4.78, 5) is 27.8. The van der Waals surface area contributed by atoms with Crippen molar-refractivity contribution in [1.82, 2.24) is 10.3 Å². The quantitative estimate of drug-likeness (QED) is 0.723. The Morgan fingerprint density at radius 2 is 1.69 bits per heavy atom. The molecule has 1 aliphatic rings. The molecule has 1 aliphatic heterocycles. The Kier molecular flexibility index (Phi) is 5.77. The molecule has 2 aromatic rings. The molecule has 0 bridgehead atoms. The van der Waals surface area contributed by atoms with Crippen LogP contribution in [0.1, 0.15) is 43.7 Å². The second-order valence-corrected chi connectivity index (χ2v) is 8.11. The topological polar surface area (TPSA) is 97.8 Å². The number of carboxylic acid groups (broad SMARTS) is 1. The van der Waals surface area contributed by atoms with Gasteiger partial charge < -0.3 is 19.7 Å². The normalized spacial score (nSPS) is 18.3. The van der Waals surface area contributed by atoms with Gasteiger partial charge in [0.15, 0.2) is 0 Å². The van der Waals surface area contributed by atoms with Gasteiger partial charge in [-0.15, -0.1) is 0 Å². The van der Waals surface area contributed by atoms with Crippen molar-refractivity contribution in [3.05, 3.63) is 59.9 Å². The van der Waals surface area contributed by atoms with E-state index >= 15 is 0 Å². The summed E-state index contributed by atoms with van der Waals surface area (Å²) in [7, 11) is -0.479. The third kappa shape index (κ3) is 4.66. The van der Waals surface area contributed by atoms with Gasteiger partial charge >= 0.3 is 13.1 Å². The van der Waals surface area contributed by atoms with Crippen LogP contribution >= 0.6 is 0 Å². The molecule has 7 nitrogen and oxygen atoms in total. The minimum atomic E-state index is -1.11. The molecular weight excluding hydrogens is 371 g/mol. The van der Waals surface area contributed by atoms with Gasteiger partial charge in [-0.25, -0.2) is 4.79 Å². The molecule has 8 heteroatoms. The molecule has 1 atom stereocenters. The van der Waals surface area contributed by atoms with Crippen LogP contribution in [0.15, 0.2) is 48.7 Å². The molecule has 1 amide bonds. The van der Waals surface area contributed by atoms with Gasteiger partial charge in [-0.3, -0.25) is 9.78 Å². The van der Waals surface area contributed by atoms with E-state index in [4.69, 9.17) is 9.31 Å². The SMILES string of the molecule is CC1(C)OB(c2ccc(C[C@@H](NC(=O)c3ccccn3)C(=O)O)cc2)OC1(C)C. The number of nitrogens with zero attached hydrogens (tertiary/aromatic N) is 1.